The topological polar surface area (TPSA) is 47.8 Å². The first-order valence-corrected chi connectivity index (χ1v) is 7.29. The normalized spacial score (nSPS) is 10.7. The fourth-order valence-corrected chi connectivity index (χ4v) is 2.75. The van der Waals surface area contributed by atoms with Gasteiger partial charge >= 0.3 is 0 Å². The second-order valence-electron chi connectivity index (χ2n) is 3.99. The van der Waals surface area contributed by atoms with Crippen molar-refractivity contribution in [1.82, 2.24) is 14.8 Å². The molecule has 1 aromatic carbocycles. The van der Waals surface area contributed by atoms with Crippen molar-refractivity contribution in [3.05, 3.63) is 40.7 Å². The summed E-state index contributed by atoms with van der Waals surface area (Å²) in [6.45, 7) is 4.74. The summed E-state index contributed by atoms with van der Waals surface area (Å²) < 4.78 is 1.99. The number of halogens is 1. The van der Waals surface area contributed by atoms with Crippen LogP contribution in [0.4, 0.5) is 0 Å². The molecule has 100 valence electrons. The SMILES string of the molecule is CCn1c(C)nnc1SCC(=O)c1ccc(Cl)cc1. The molecule has 0 N–H and O–H groups in total. The predicted molar refractivity (Wildman–Crippen MR) is 76.9 cm³/mol. The van der Waals surface area contributed by atoms with E-state index in [9.17, 15) is 4.79 Å². The molecule has 6 heteroatoms. The quantitative estimate of drug-likeness (QED) is 0.627. The Hall–Kier alpha value is -1.33. The molecule has 0 fully saturated rings. The Morgan fingerprint density at radius 3 is 2.63 bits per heavy atom. The summed E-state index contributed by atoms with van der Waals surface area (Å²) in [4.78, 5) is 12.0. The molecule has 2 rings (SSSR count). The number of carbonyl (C=O) groups is 1. The summed E-state index contributed by atoms with van der Waals surface area (Å²) >= 11 is 7.20. The van der Waals surface area contributed by atoms with Gasteiger partial charge in [-0.05, 0) is 38.1 Å². The first kappa shape index (κ1) is 14.1. The zero-order chi connectivity index (χ0) is 13.8. The van der Waals surface area contributed by atoms with Gasteiger partial charge in [-0.25, -0.2) is 0 Å². The lowest BCUT2D eigenvalue weighted by atomic mass is 10.1. The van der Waals surface area contributed by atoms with E-state index in [0.717, 1.165) is 17.5 Å². The fraction of sp³-hybridized carbons (Fsp3) is 0.308. The van der Waals surface area contributed by atoms with Gasteiger partial charge in [0, 0.05) is 17.1 Å². The van der Waals surface area contributed by atoms with Gasteiger partial charge in [0.2, 0.25) is 0 Å². The average molecular weight is 296 g/mol. The van der Waals surface area contributed by atoms with Crippen LogP contribution < -0.4 is 0 Å². The molecule has 1 heterocycles. The number of thioether (sulfide) groups is 1. The second kappa shape index (κ2) is 6.21. The van der Waals surface area contributed by atoms with Crippen molar-refractivity contribution in [3.8, 4) is 0 Å². The maximum absolute atomic E-state index is 12.0. The largest absolute Gasteiger partial charge is 0.307 e. The van der Waals surface area contributed by atoms with Crippen molar-refractivity contribution in [2.75, 3.05) is 5.75 Å². The van der Waals surface area contributed by atoms with E-state index < -0.39 is 0 Å². The number of ketones is 1. The molecule has 2 aromatic rings. The molecular formula is C13H14ClN3OS. The van der Waals surface area contributed by atoms with Gasteiger partial charge in [-0.1, -0.05) is 23.4 Å². The van der Waals surface area contributed by atoms with E-state index in [1.807, 2.05) is 18.4 Å². The Bertz CT molecular complexity index is 580. The van der Waals surface area contributed by atoms with Crippen molar-refractivity contribution in [2.24, 2.45) is 0 Å². The Kier molecular flexibility index (Phi) is 4.61. The van der Waals surface area contributed by atoms with Gasteiger partial charge in [0.05, 0.1) is 5.75 Å². The highest BCUT2D eigenvalue weighted by atomic mass is 35.5. The van der Waals surface area contributed by atoms with Crippen molar-refractivity contribution in [3.63, 3.8) is 0 Å². The van der Waals surface area contributed by atoms with E-state index in [4.69, 9.17) is 11.6 Å². The number of nitrogens with zero attached hydrogens (tertiary/aromatic N) is 3. The maximum Gasteiger partial charge on any atom is 0.191 e. The van der Waals surface area contributed by atoms with Crippen LogP contribution in [0.1, 0.15) is 23.1 Å². The zero-order valence-corrected chi connectivity index (χ0v) is 12.3. The van der Waals surface area contributed by atoms with E-state index in [-0.39, 0.29) is 5.78 Å². The Morgan fingerprint density at radius 1 is 1.32 bits per heavy atom. The highest BCUT2D eigenvalue weighted by molar-refractivity contribution is 7.99. The minimum Gasteiger partial charge on any atom is -0.307 e. The van der Waals surface area contributed by atoms with Crippen LogP contribution in [0, 0.1) is 6.92 Å². The van der Waals surface area contributed by atoms with E-state index in [0.29, 0.717) is 16.3 Å². The lowest BCUT2D eigenvalue weighted by Crippen LogP contribution is -2.05. The van der Waals surface area contributed by atoms with Crippen molar-refractivity contribution < 1.29 is 4.79 Å². The molecule has 0 saturated heterocycles. The molecule has 0 bridgehead atoms. The van der Waals surface area contributed by atoms with Gasteiger partial charge in [-0.15, -0.1) is 10.2 Å². The monoisotopic (exact) mass is 295 g/mol. The van der Waals surface area contributed by atoms with Crippen LogP contribution in [0.3, 0.4) is 0 Å². The number of aryl methyl sites for hydroxylation is 1. The van der Waals surface area contributed by atoms with E-state index in [1.165, 1.54) is 11.8 Å². The first-order valence-electron chi connectivity index (χ1n) is 5.93. The van der Waals surface area contributed by atoms with Crippen molar-refractivity contribution >= 4 is 29.1 Å². The number of rotatable bonds is 5. The number of aromatic nitrogens is 3. The number of benzene rings is 1. The minimum absolute atomic E-state index is 0.0602. The Balaban J connectivity index is 2.02. The minimum atomic E-state index is 0.0602. The molecule has 0 aliphatic heterocycles. The van der Waals surface area contributed by atoms with Crippen LogP contribution >= 0.6 is 23.4 Å². The molecule has 1 aromatic heterocycles. The van der Waals surface area contributed by atoms with Gasteiger partial charge in [0.25, 0.3) is 0 Å². The predicted octanol–water partition coefficient (Wildman–Crippen LogP) is 3.23. The molecule has 0 amide bonds. The number of hydrogen-bond acceptors (Lipinski definition) is 4. The number of Topliss-reactive ketones (excluding diaryl/α,β-unsaturated/α-hetero) is 1. The van der Waals surface area contributed by atoms with E-state index >= 15 is 0 Å². The number of carbonyl (C=O) groups excluding carboxylic acids is 1. The van der Waals surface area contributed by atoms with Crippen LogP contribution in [0.5, 0.6) is 0 Å². The molecule has 19 heavy (non-hydrogen) atoms. The molecular weight excluding hydrogens is 282 g/mol. The third-order valence-corrected chi connectivity index (χ3v) is 3.94. The average Bonchev–Trinajstić information content (AvgIpc) is 2.77. The molecule has 0 unspecified atom stereocenters. The van der Waals surface area contributed by atoms with Crippen LogP contribution in [0.25, 0.3) is 0 Å². The van der Waals surface area contributed by atoms with Gasteiger partial charge in [-0.2, -0.15) is 0 Å². The van der Waals surface area contributed by atoms with Gasteiger partial charge in [-0.3, -0.25) is 4.79 Å². The lowest BCUT2D eigenvalue weighted by molar-refractivity contribution is 0.102. The van der Waals surface area contributed by atoms with Crippen LogP contribution in [0.2, 0.25) is 5.02 Å². The smallest absolute Gasteiger partial charge is 0.191 e. The Labute approximate surface area is 121 Å². The molecule has 0 spiro atoms. The number of hydrogen-bond donors (Lipinski definition) is 0. The van der Waals surface area contributed by atoms with Crippen molar-refractivity contribution in [1.29, 1.82) is 0 Å². The zero-order valence-electron chi connectivity index (χ0n) is 10.8. The van der Waals surface area contributed by atoms with Crippen LogP contribution in [-0.2, 0) is 6.54 Å². The van der Waals surface area contributed by atoms with Gasteiger partial charge in [0.15, 0.2) is 10.9 Å². The summed E-state index contributed by atoms with van der Waals surface area (Å²) in [6.07, 6.45) is 0. The second-order valence-corrected chi connectivity index (χ2v) is 5.37. The van der Waals surface area contributed by atoms with Gasteiger partial charge in [0.1, 0.15) is 5.82 Å². The maximum atomic E-state index is 12.0. The molecule has 0 saturated carbocycles. The third kappa shape index (κ3) is 3.36. The van der Waals surface area contributed by atoms with Crippen molar-refractivity contribution in [2.45, 2.75) is 25.5 Å². The Morgan fingerprint density at radius 2 is 2.00 bits per heavy atom. The standard InChI is InChI=1S/C13H14ClN3OS/c1-3-17-9(2)15-16-13(17)19-8-12(18)10-4-6-11(14)7-5-10/h4-7H,3,8H2,1-2H3. The first-order chi connectivity index (χ1) is 9.11. The van der Waals surface area contributed by atoms with E-state index in [2.05, 4.69) is 10.2 Å². The molecule has 0 radical (unpaired) electrons. The molecule has 0 aliphatic carbocycles. The molecule has 0 atom stereocenters. The third-order valence-electron chi connectivity index (χ3n) is 2.72. The highest BCUT2D eigenvalue weighted by Crippen LogP contribution is 2.19. The molecule has 4 nitrogen and oxygen atoms in total. The summed E-state index contributed by atoms with van der Waals surface area (Å²) in [5.41, 5.74) is 0.663. The van der Waals surface area contributed by atoms with E-state index in [1.54, 1.807) is 24.3 Å². The van der Waals surface area contributed by atoms with Crippen LogP contribution in [0.15, 0.2) is 29.4 Å². The molecule has 0 aliphatic rings. The summed E-state index contributed by atoms with van der Waals surface area (Å²) in [5, 5.41) is 9.49. The van der Waals surface area contributed by atoms with Gasteiger partial charge < -0.3 is 4.57 Å². The highest BCUT2D eigenvalue weighted by Gasteiger charge is 2.11. The summed E-state index contributed by atoms with van der Waals surface area (Å²) in [6, 6.07) is 6.92. The summed E-state index contributed by atoms with van der Waals surface area (Å²) in [7, 11) is 0. The van der Waals surface area contributed by atoms with Crippen LogP contribution in [-0.4, -0.2) is 26.3 Å². The lowest BCUT2D eigenvalue weighted by Gasteiger charge is -2.04. The fourth-order valence-electron chi connectivity index (χ4n) is 1.68. The summed E-state index contributed by atoms with van der Waals surface area (Å²) in [5.74, 6) is 1.27.